The molecule has 0 heterocycles. The van der Waals surface area contributed by atoms with E-state index in [9.17, 15) is 0 Å². The number of aliphatic hydroxyl groups excluding tert-OH is 1. The minimum Gasteiger partial charge on any atom is -0.396 e. The summed E-state index contributed by atoms with van der Waals surface area (Å²) in [5.41, 5.74) is 0.227. The number of aliphatic hydroxyl groups is 1. The van der Waals surface area contributed by atoms with Crippen molar-refractivity contribution >= 4 is 0 Å². The normalized spacial score (nSPS) is 11.3. The molecule has 17 heavy (non-hydrogen) atoms. The molecular formula is C13H31NO3. The topological polar surface area (TPSA) is 41.9 Å². The fraction of sp³-hybridized carbons (Fsp3) is 1.00. The van der Waals surface area contributed by atoms with Gasteiger partial charge >= 0.3 is 0 Å². The monoisotopic (exact) mass is 249 g/mol. The molecule has 0 aromatic carbocycles. The molecule has 0 fully saturated rings. The quantitative estimate of drug-likeness (QED) is 0.696. The lowest BCUT2D eigenvalue weighted by molar-refractivity contribution is 0.0166. The fourth-order valence-electron chi connectivity index (χ4n) is 0.765. The van der Waals surface area contributed by atoms with Crippen molar-refractivity contribution in [3.05, 3.63) is 0 Å². The summed E-state index contributed by atoms with van der Waals surface area (Å²) in [7, 11) is 6.00. The minimum atomic E-state index is 0.197. The summed E-state index contributed by atoms with van der Waals surface area (Å²) in [5.74, 6) is 0. The van der Waals surface area contributed by atoms with Gasteiger partial charge in [-0.1, -0.05) is 20.8 Å². The number of hydrogen-bond acceptors (Lipinski definition) is 4. The SMILES string of the molecule is CC(C)(C)COCCOCCCO.CN(C)C. The summed E-state index contributed by atoms with van der Waals surface area (Å²) in [6.45, 7) is 9.26. The van der Waals surface area contributed by atoms with Crippen LogP contribution in [0.4, 0.5) is 0 Å². The van der Waals surface area contributed by atoms with Gasteiger partial charge in [0.25, 0.3) is 0 Å². The molecule has 0 aliphatic carbocycles. The first-order chi connectivity index (χ1) is 7.79. The van der Waals surface area contributed by atoms with E-state index in [1.165, 1.54) is 0 Å². The number of hydrogen-bond donors (Lipinski definition) is 1. The summed E-state index contributed by atoms with van der Waals surface area (Å²) in [5, 5.41) is 8.46. The van der Waals surface area contributed by atoms with E-state index in [2.05, 4.69) is 20.8 Å². The Kier molecular flexibility index (Phi) is 13.9. The van der Waals surface area contributed by atoms with Crippen molar-refractivity contribution < 1.29 is 14.6 Å². The zero-order valence-electron chi connectivity index (χ0n) is 12.5. The molecule has 4 nitrogen and oxygen atoms in total. The minimum absolute atomic E-state index is 0.197. The maximum atomic E-state index is 8.46. The molecule has 1 N–H and O–H groups in total. The molecule has 0 saturated carbocycles. The highest BCUT2D eigenvalue weighted by Gasteiger charge is 2.09. The van der Waals surface area contributed by atoms with Gasteiger partial charge in [0.2, 0.25) is 0 Å². The predicted octanol–water partition coefficient (Wildman–Crippen LogP) is 1.63. The van der Waals surface area contributed by atoms with E-state index < -0.39 is 0 Å². The Morgan fingerprint density at radius 2 is 1.41 bits per heavy atom. The molecule has 0 aromatic heterocycles. The van der Waals surface area contributed by atoms with Crippen LogP contribution in [-0.4, -0.2) is 64.2 Å². The first-order valence-electron chi connectivity index (χ1n) is 6.17. The molecule has 0 aliphatic rings. The smallest absolute Gasteiger partial charge is 0.0700 e. The lowest BCUT2D eigenvalue weighted by Crippen LogP contribution is -2.17. The Hall–Kier alpha value is -0.160. The Labute approximate surface area is 107 Å². The van der Waals surface area contributed by atoms with E-state index >= 15 is 0 Å². The van der Waals surface area contributed by atoms with Crippen LogP contribution in [0.3, 0.4) is 0 Å². The van der Waals surface area contributed by atoms with Crippen molar-refractivity contribution in [2.45, 2.75) is 27.2 Å². The summed E-state index contributed by atoms with van der Waals surface area (Å²) in [6, 6.07) is 0. The zero-order valence-corrected chi connectivity index (χ0v) is 12.5. The molecule has 0 unspecified atom stereocenters. The van der Waals surface area contributed by atoms with Crippen LogP contribution in [0.25, 0.3) is 0 Å². The van der Waals surface area contributed by atoms with Crippen LogP contribution < -0.4 is 0 Å². The van der Waals surface area contributed by atoms with Gasteiger partial charge in [-0.25, -0.2) is 0 Å². The van der Waals surface area contributed by atoms with Crippen molar-refractivity contribution in [2.24, 2.45) is 5.41 Å². The van der Waals surface area contributed by atoms with Crippen LogP contribution in [0.5, 0.6) is 0 Å². The second kappa shape index (κ2) is 12.3. The number of ether oxygens (including phenoxy) is 2. The third-order valence-corrected chi connectivity index (χ3v) is 1.35. The fourth-order valence-corrected chi connectivity index (χ4v) is 0.765. The van der Waals surface area contributed by atoms with Gasteiger partial charge in [-0.2, -0.15) is 0 Å². The van der Waals surface area contributed by atoms with E-state index in [1.807, 2.05) is 26.0 Å². The van der Waals surface area contributed by atoms with Gasteiger partial charge in [0.15, 0.2) is 0 Å². The van der Waals surface area contributed by atoms with Gasteiger partial charge in [-0.15, -0.1) is 0 Å². The maximum absolute atomic E-state index is 8.46. The number of rotatable bonds is 7. The average molecular weight is 249 g/mol. The molecule has 0 atom stereocenters. The molecule has 0 spiro atoms. The second-order valence-corrected chi connectivity index (χ2v) is 5.64. The molecular weight excluding hydrogens is 218 g/mol. The lowest BCUT2D eigenvalue weighted by atomic mass is 9.99. The van der Waals surface area contributed by atoms with Gasteiger partial charge in [0.05, 0.1) is 19.8 Å². The summed E-state index contributed by atoms with van der Waals surface area (Å²) in [4.78, 5) is 2.00. The molecule has 0 radical (unpaired) electrons. The lowest BCUT2D eigenvalue weighted by Gasteiger charge is -2.17. The number of nitrogens with zero attached hydrogens (tertiary/aromatic N) is 1. The first-order valence-corrected chi connectivity index (χ1v) is 6.17. The van der Waals surface area contributed by atoms with Gasteiger partial charge in [-0.3, -0.25) is 0 Å². The Morgan fingerprint density at radius 3 is 1.82 bits per heavy atom. The second-order valence-electron chi connectivity index (χ2n) is 5.64. The van der Waals surface area contributed by atoms with Crippen molar-refractivity contribution in [2.75, 3.05) is 54.2 Å². The predicted molar refractivity (Wildman–Crippen MR) is 72.4 cm³/mol. The molecule has 0 rings (SSSR count). The van der Waals surface area contributed by atoms with Crippen LogP contribution in [0.15, 0.2) is 0 Å². The first kappa shape index (κ1) is 19.2. The van der Waals surface area contributed by atoms with E-state index in [0.29, 0.717) is 26.2 Å². The third kappa shape index (κ3) is 31.3. The standard InChI is InChI=1S/C10H22O3.C3H9N/c1-10(2,3)9-13-8-7-12-6-4-5-11;1-4(2)3/h11H,4-9H2,1-3H3;1-3H3. The summed E-state index contributed by atoms with van der Waals surface area (Å²) in [6.07, 6.45) is 0.708. The Morgan fingerprint density at radius 1 is 0.941 bits per heavy atom. The highest BCUT2D eigenvalue weighted by molar-refractivity contribution is 4.58. The van der Waals surface area contributed by atoms with Crippen molar-refractivity contribution in [1.82, 2.24) is 4.90 Å². The van der Waals surface area contributed by atoms with E-state index in [0.717, 1.165) is 6.61 Å². The van der Waals surface area contributed by atoms with Crippen molar-refractivity contribution in [1.29, 1.82) is 0 Å². The van der Waals surface area contributed by atoms with Crippen molar-refractivity contribution in [3.63, 3.8) is 0 Å². The molecule has 0 amide bonds. The molecule has 106 valence electrons. The van der Waals surface area contributed by atoms with E-state index in [1.54, 1.807) is 0 Å². The van der Waals surface area contributed by atoms with Gasteiger partial charge in [0.1, 0.15) is 0 Å². The van der Waals surface area contributed by atoms with Gasteiger partial charge < -0.3 is 19.5 Å². The maximum Gasteiger partial charge on any atom is 0.0700 e. The average Bonchev–Trinajstić information content (AvgIpc) is 2.14. The van der Waals surface area contributed by atoms with Gasteiger partial charge in [-0.05, 0) is 33.0 Å². The molecule has 4 heteroatoms. The highest BCUT2D eigenvalue weighted by Crippen LogP contribution is 2.12. The largest absolute Gasteiger partial charge is 0.396 e. The van der Waals surface area contributed by atoms with Crippen LogP contribution in [0.2, 0.25) is 0 Å². The Bertz CT molecular complexity index is 141. The van der Waals surface area contributed by atoms with E-state index in [4.69, 9.17) is 14.6 Å². The van der Waals surface area contributed by atoms with Crippen LogP contribution in [0.1, 0.15) is 27.2 Å². The molecule has 0 bridgehead atoms. The summed E-state index contributed by atoms with van der Waals surface area (Å²) >= 11 is 0. The summed E-state index contributed by atoms with van der Waals surface area (Å²) < 4.78 is 10.6. The van der Waals surface area contributed by atoms with Crippen molar-refractivity contribution in [3.8, 4) is 0 Å². The van der Waals surface area contributed by atoms with Gasteiger partial charge in [0, 0.05) is 13.2 Å². The molecule has 0 aliphatic heterocycles. The molecule has 0 aromatic rings. The molecule has 0 saturated heterocycles. The third-order valence-electron chi connectivity index (χ3n) is 1.35. The van der Waals surface area contributed by atoms with Crippen LogP contribution >= 0.6 is 0 Å². The van der Waals surface area contributed by atoms with Crippen LogP contribution in [0, 0.1) is 5.41 Å². The highest BCUT2D eigenvalue weighted by atomic mass is 16.5. The van der Waals surface area contributed by atoms with E-state index in [-0.39, 0.29) is 12.0 Å². The van der Waals surface area contributed by atoms with Crippen LogP contribution in [-0.2, 0) is 9.47 Å². The Balaban J connectivity index is 0. The zero-order chi connectivity index (χ0) is 13.7.